The van der Waals surface area contributed by atoms with Gasteiger partial charge in [0.1, 0.15) is 4.90 Å². The Morgan fingerprint density at radius 2 is 1.95 bits per heavy atom. The van der Waals surface area contributed by atoms with E-state index in [0.29, 0.717) is 23.7 Å². The Morgan fingerprint density at radius 1 is 1.32 bits per heavy atom. The highest BCUT2D eigenvalue weighted by atomic mass is 35.5. The van der Waals surface area contributed by atoms with Gasteiger partial charge in [-0.15, -0.1) is 11.6 Å². The van der Waals surface area contributed by atoms with E-state index in [-0.39, 0.29) is 9.92 Å². The monoisotopic (exact) mass is 343 g/mol. The standard InChI is InChI=1S/C12H16Cl3NO2S/c1-3-12(2,6-7-13)16-19(17,18)11-8-9(14)4-5-10(11)15/h4-5,8,16H,3,6-7H2,1-2H3. The number of benzene rings is 1. The highest BCUT2D eigenvalue weighted by Gasteiger charge is 2.29. The number of hydrogen-bond acceptors (Lipinski definition) is 2. The van der Waals surface area contributed by atoms with E-state index in [9.17, 15) is 8.42 Å². The van der Waals surface area contributed by atoms with E-state index in [1.54, 1.807) is 6.07 Å². The average molecular weight is 345 g/mol. The minimum absolute atomic E-state index is 0.0177. The zero-order chi connectivity index (χ0) is 14.7. The van der Waals surface area contributed by atoms with Gasteiger partial charge in [-0.05, 0) is 38.0 Å². The fourth-order valence-electron chi connectivity index (χ4n) is 1.57. The van der Waals surface area contributed by atoms with Gasteiger partial charge >= 0.3 is 0 Å². The van der Waals surface area contributed by atoms with Gasteiger partial charge in [-0.2, -0.15) is 0 Å². The molecule has 7 heteroatoms. The van der Waals surface area contributed by atoms with Crippen molar-refractivity contribution >= 4 is 44.8 Å². The number of sulfonamides is 1. The van der Waals surface area contributed by atoms with Crippen molar-refractivity contribution in [3.05, 3.63) is 28.2 Å². The quantitative estimate of drug-likeness (QED) is 0.791. The zero-order valence-electron chi connectivity index (χ0n) is 10.7. The number of nitrogens with one attached hydrogen (secondary N) is 1. The van der Waals surface area contributed by atoms with Crippen molar-refractivity contribution in [2.75, 3.05) is 5.88 Å². The number of hydrogen-bond donors (Lipinski definition) is 1. The molecule has 0 fully saturated rings. The third-order valence-corrected chi connectivity index (χ3v) is 5.53. The summed E-state index contributed by atoms with van der Waals surface area (Å²) in [6, 6.07) is 4.34. The van der Waals surface area contributed by atoms with E-state index in [0.717, 1.165) is 0 Å². The van der Waals surface area contributed by atoms with E-state index in [1.165, 1.54) is 12.1 Å². The molecule has 19 heavy (non-hydrogen) atoms. The van der Waals surface area contributed by atoms with Crippen LogP contribution in [-0.2, 0) is 10.0 Å². The molecule has 0 saturated carbocycles. The van der Waals surface area contributed by atoms with Gasteiger partial charge in [0.2, 0.25) is 10.0 Å². The van der Waals surface area contributed by atoms with E-state index < -0.39 is 15.6 Å². The van der Waals surface area contributed by atoms with Gasteiger partial charge in [0.05, 0.1) is 5.02 Å². The van der Waals surface area contributed by atoms with Crippen LogP contribution in [0.15, 0.2) is 23.1 Å². The summed E-state index contributed by atoms with van der Waals surface area (Å²) >= 11 is 17.5. The van der Waals surface area contributed by atoms with Crippen LogP contribution in [0.4, 0.5) is 0 Å². The SMILES string of the molecule is CCC(C)(CCCl)NS(=O)(=O)c1cc(Cl)ccc1Cl. The number of halogens is 3. The Hall–Kier alpha value is -0.000000000000000111. The van der Waals surface area contributed by atoms with Crippen molar-refractivity contribution in [2.45, 2.75) is 37.1 Å². The second kappa shape index (κ2) is 6.64. The molecule has 0 spiro atoms. The molecule has 1 rings (SSSR count). The van der Waals surface area contributed by atoms with Crippen molar-refractivity contribution in [1.82, 2.24) is 4.72 Å². The summed E-state index contributed by atoms with van der Waals surface area (Å²) in [4.78, 5) is -0.0177. The third kappa shape index (κ3) is 4.50. The molecule has 0 aromatic heterocycles. The molecule has 1 aromatic carbocycles. The summed E-state index contributed by atoms with van der Waals surface area (Å²) in [6.45, 7) is 3.71. The first-order valence-electron chi connectivity index (χ1n) is 5.79. The van der Waals surface area contributed by atoms with Crippen LogP contribution in [0.5, 0.6) is 0 Å². The molecule has 0 heterocycles. The second-order valence-corrected chi connectivity index (χ2v) is 7.41. The summed E-state index contributed by atoms with van der Waals surface area (Å²) in [5.41, 5.74) is -0.605. The summed E-state index contributed by atoms with van der Waals surface area (Å²) in [5.74, 6) is 0.371. The van der Waals surface area contributed by atoms with E-state index >= 15 is 0 Å². The average Bonchev–Trinajstić information content (AvgIpc) is 2.31. The highest BCUT2D eigenvalue weighted by molar-refractivity contribution is 7.89. The molecule has 0 bridgehead atoms. The molecule has 1 atom stereocenters. The number of alkyl halides is 1. The third-order valence-electron chi connectivity index (χ3n) is 2.99. The molecule has 0 radical (unpaired) electrons. The minimum atomic E-state index is -3.73. The zero-order valence-corrected chi connectivity index (χ0v) is 13.8. The van der Waals surface area contributed by atoms with E-state index in [1.807, 2.05) is 13.8 Å². The molecule has 0 aliphatic carbocycles. The summed E-state index contributed by atoms with van der Waals surface area (Å²) < 4.78 is 27.4. The lowest BCUT2D eigenvalue weighted by Crippen LogP contribution is -2.45. The molecule has 1 unspecified atom stereocenters. The maximum absolute atomic E-state index is 12.4. The van der Waals surface area contributed by atoms with Gasteiger partial charge in [0.15, 0.2) is 0 Å². The molecule has 108 valence electrons. The maximum atomic E-state index is 12.4. The topological polar surface area (TPSA) is 46.2 Å². The smallest absolute Gasteiger partial charge is 0.207 e. The lowest BCUT2D eigenvalue weighted by molar-refractivity contribution is 0.390. The van der Waals surface area contributed by atoms with Gasteiger partial charge in [-0.25, -0.2) is 13.1 Å². The van der Waals surface area contributed by atoms with Crippen LogP contribution >= 0.6 is 34.8 Å². The summed E-state index contributed by atoms with van der Waals surface area (Å²) in [7, 11) is -3.73. The minimum Gasteiger partial charge on any atom is -0.207 e. The van der Waals surface area contributed by atoms with Crippen LogP contribution in [0.2, 0.25) is 10.0 Å². The van der Waals surface area contributed by atoms with Gasteiger partial charge in [0.25, 0.3) is 0 Å². The second-order valence-electron chi connectivity index (χ2n) is 4.53. The fourth-order valence-corrected chi connectivity index (χ4v) is 4.26. The summed E-state index contributed by atoms with van der Waals surface area (Å²) in [6.07, 6.45) is 1.15. The van der Waals surface area contributed by atoms with Gasteiger partial charge in [-0.3, -0.25) is 0 Å². The van der Waals surface area contributed by atoms with Crippen molar-refractivity contribution in [2.24, 2.45) is 0 Å². The Balaban J connectivity index is 3.14. The summed E-state index contributed by atoms with van der Waals surface area (Å²) in [5, 5.41) is 0.460. The normalized spacial score (nSPS) is 15.2. The molecular weight excluding hydrogens is 329 g/mol. The predicted octanol–water partition coefficient (Wildman–Crippen LogP) is 4.07. The molecule has 0 aliphatic rings. The first-order valence-corrected chi connectivity index (χ1v) is 8.56. The van der Waals surface area contributed by atoms with Crippen LogP contribution in [0.3, 0.4) is 0 Å². The van der Waals surface area contributed by atoms with Crippen LogP contribution in [-0.4, -0.2) is 19.8 Å². The van der Waals surface area contributed by atoms with Crippen molar-refractivity contribution in [3.8, 4) is 0 Å². The van der Waals surface area contributed by atoms with Crippen molar-refractivity contribution in [1.29, 1.82) is 0 Å². The van der Waals surface area contributed by atoms with Crippen LogP contribution in [0.1, 0.15) is 26.7 Å². The predicted molar refractivity (Wildman–Crippen MR) is 80.8 cm³/mol. The van der Waals surface area contributed by atoms with Crippen molar-refractivity contribution in [3.63, 3.8) is 0 Å². The highest BCUT2D eigenvalue weighted by Crippen LogP contribution is 2.27. The molecular formula is C12H16Cl3NO2S. The number of rotatable bonds is 6. The Labute approximate surface area is 129 Å². The molecule has 3 nitrogen and oxygen atoms in total. The Kier molecular flexibility index (Phi) is 5.96. The van der Waals surface area contributed by atoms with Gasteiger partial charge in [0, 0.05) is 16.4 Å². The lowest BCUT2D eigenvalue weighted by Gasteiger charge is -2.28. The van der Waals surface area contributed by atoms with Crippen LogP contribution < -0.4 is 4.72 Å². The first-order chi connectivity index (χ1) is 8.74. The molecule has 1 aromatic rings. The van der Waals surface area contributed by atoms with Crippen LogP contribution in [0.25, 0.3) is 0 Å². The molecule has 1 N–H and O–H groups in total. The largest absolute Gasteiger partial charge is 0.242 e. The van der Waals surface area contributed by atoms with Crippen LogP contribution in [0, 0.1) is 0 Å². The molecule has 0 saturated heterocycles. The molecule has 0 amide bonds. The van der Waals surface area contributed by atoms with E-state index in [2.05, 4.69) is 4.72 Å². The maximum Gasteiger partial charge on any atom is 0.242 e. The Bertz CT molecular complexity index is 548. The first kappa shape index (κ1) is 17.1. The van der Waals surface area contributed by atoms with Gasteiger partial charge in [-0.1, -0.05) is 30.1 Å². The Morgan fingerprint density at radius 3 is 2.47 bits per heavy atom. The van der Waals surface area contributed by atoms with Crippen molar-refractivity contribution < 1.29 is 8.42 Å². The lowest BCUT2D eigenvalue weighted by atomic mass is 9.97. The fraction of sp³-hybridized carbons (Fsp3) is 0.500. The van der Waals surface area contributed by atoms with E-state index in [4.69, 9.17) is 34.8 Å². The van der Waals surface area contributed by atoms with Gasteiger partial charge < -0.3 is 0 Å². The molecule has 0 aliphatic heterocycles.